The second-order valence-electron chi connectivity index (χ2n) is 5.81. The zero-order valence-electron chi connectivity index (χ0n) is 12.5. The fourth-order valence-electron chi connectivity index (χ4n) is 2.76. The zero-order chi connectivity index (χ0) is 16.3. The minimum Gasteiger partial charge on any atom is -0.481 e. The summed E-state index contributed by atoms with van der Waals surface area (Å²) in [5, 5.41) is 18.4. The van der Waals surface area contributed by atoms with Crippen molar-refractivity contribution in [1.82, 2.24) is 0 Å². The van der Waals surface area contributed by atoms with Gasteiger partial charge in [0, 0.05) is 17.4 Å². The summed E-state index contributed by atoms with van der Waals surface area (Å²) in [6.07, 6.45) is 3.02. The van der Waals surface area contributed by atoms with Gasteiger partial charge in [-0.2, -0.15) is 0 Å². The van der Waals surface area contributed by atoms with Gasteiger partial charge in [0.2, 0.25) is 0 Å². The van der Waals surface area contributed by atoms with Crippen LogP contribution in [0.15, 0.2) is 24.3 Å². The Bertz CT molecular complexity index is 557. The lowest BCUT2D eigenvalue weighted by atomic mass is 9.82. The van der Waals surface area contributed by atoms with Crippen LogP contribution in [0.2, 0.25) is 0 Å². The summed E-state index contributed by atoms with van der Waals surface area (Å²) >= 11 is 0. The second kappa shape index (κ2) is 6.73. The quantitative estimate of drug-likeness (QED) is 0.569. The second-order valence-corrected chi connectivity index (χ2v) is 5.81. The number of carbonyl (C=O) groups excluding carboxylic acids is 1. The molecule has 5 nitrogen and oxygen atoms in total. The molecule has 0 amide bonds. The third-order valence-corrected chi connectivity index (χ3v) is 4.11. The highest BCUT2D eigenvalue weighted by atomic mass is 16.4. The van der Waals surface area contributed by atoms with E-state index in [1.807, 2.05) is 6.92 Å². The molecule has 1 aromatic carbocycles. The van der Waals surface area contributed by atoms with Crippen LogP contribution in [0.4, 0.5) is 0 Å². The molecule has 5 heteroatoms. The molecule has 2 N–H and O–H groups in total. The number of hydrogen-bond acceptors (Lipinski definition) is 3. The number of carbonyl (C=O) groups is 3. The lowest BCUT2D eigenvalue weighted by Gasteiger charge is -2.21. The lowest BCUT2D eigenvalue weighted by molar-refractivity contribution is -0.155. The highest BCUT2D eigenvalue weighted by Crippen LogP contribution is 2.34. The number of benzene rings is 1. The van der Waals surface area contributed by atoms with Gasteiger partial charge in [0.25, 0.3) is 0 Å². The number of Topliss-reactive ketones (excluding diaryl/α,β-unsaturated/α-hetero) is 1. The van der Waals surface area contributed by atoms with E-state index in [2.05, 4.69) is 0 Å². The average molecular weight is 304 g/mol. The Kier molecular flexibility index (Phi) is 4.96. The van der Waals surface area contributed by atoms with Crippen LogP contribution in [-0.2, 0) is 9.59 Å². The fourth-order valence-corrected chi connectivity index (χ4v) is 2.76. The molecule has 1 fully saturated rings. The van der Waals surface area contributed by atoms with E-state index in [0.29, 0.717) is 24.0 Å². The first-order valence-corrected chi connectivity index (χ1v) is 7.55. The predicted molar refractivity (Wildman–Crippen MR) is 79.9 cm³/mol. The van der Waals surface area contributed by atoms with Crippen LogP contribution in [-0.4, -0.2) is 27.9 Å². The third-order valence-electron chi connectivity index (χ3n) is 4.11. The summed E-state index contributed by atoms with van der Waals surface area (Å²) in [6.45, 7) is 1.89. The predicted octanol–water partition coefficient (Wildman–Crippen LogP) is 2.95. The Hall–Kier alpha value is -2.17. The topological polar surface area (TPSA) is 91.7 Å². The first-order chi connectivity index (χ1) is 10.5. The Morgan fingerprint density at radius 2 is 1.64 bits per heavy atom. The van der Waals surface area contributed by atoms with E-state index >= 15 is 0 Å². The molecular formula is C17H20O5. The summed E-state index contributed by atoms with van der Waals surface area (Å²) in [4.78, 5) is 34.5. The van der Waals surface area contributed by atoms with Crippen molar-refractivity contribution in [2.45, 2.75) is 38.5 Å². The van der Waals surface area contributed by atoms with E-state index in [4.69, 9.17) is 0 Å². The summed E-state index contributed by atoms with van der Waals surface area (Å²) < 4.78 is 0. The van der Waals surface area contributed by atoms with Crippen molar-refractivity contribution in [2.24, 2.45) is 11.8 Å². The number of ketones is 1. The van der Waals surface area contributed by atoms with Crippen molar-refractivity contribution < 1.29 is 24.6 Å². The van der Waals surface area contributed by atoms with Crippen molar-refractivity contribution in [2.75, 3.05) is 0 Å². The van der Waals surface area contributed by atoms with Gasteiger partial charge in [-0.05, 0) is 24.8 Å². The maximum absolute atomic E-state index is 12.0. The first-order valence-electron chi connectivity index (χ1n) is 7.55. The molecule has 118 valence electrons. The molecule has 1 saturated carbocycles. The molecule has 0 spiro atoms. The summed E-state index contributed by atoms with van der Waals surface area (Å²) in [6, 6.07) is 6.74. The van der Waals surface area contributed by atoms with Crippen LogP contribution in [0.1, 0.15) is 54.4 Å². The van der Waals surface area contributed by atoms with Crippen LogP contribution >= 0.6 is 0 Å². The molecule has 0 bridgehead atoms. The Morgan fingerprint density at radius 1 is 1.09 bits per heavy atom. The van der Waals surface area contributed by atoms with Gasteiger partial charge in [0.1, 0.15) is 0 Å². The highest BCUT2D eigenvalue weighted by Gasteiger charge is 2.35. The van der Waals surface area contributed by atoms with E-state index < -0.39 is 23.8 Å². The summed E-state index contributed by atoms with van der Waals surface area (Å²) in [5.41, 5.74) is 1.27. The van der Waals surface area contributed by atoms with Gasteiger partial charge in [0.15, 0.2) is 11.7 Å². The van der Waals surface area contributed by atoms with Crippen LogP contribution in [0.5, 0.6) is 0 Å². The maximum atomic E-state index is 12.0. The SMILES string of the molecule is CCCC(c1ccc(C(=O)C2CC2)cc1)C(C(=O)O)C(=O)O. The molecule has 1 aromatic rings. The normalized spacial score (nSPS) is 15.5. The molecule has 0 aliphatic heterocycles. The van der Waals surface area contributed by atoms with Gasteiger partial charge in [-0.15, -0.1) is 0 Å². The molecule has 0 saturated heterocycles. The van der Waals surface area contributed by atoms with Crippen LogP contribution in [0, 0.1) is 11.8 Å². The summed E-state index contributed by atoms with van der Waals surface area (Å²) in [5.74, 6) is -4.47. The number of carboxylic acids is 2. The number of aliphatic carboxylic acids is 2. The Labute approximate surface area is 129 Å². The van der Waals surface area contributed by atoms with E-state index in [-0.39, 0.29) is 11.7 Å². The largest absolute Gasteiger partial charge is 0.481 e. The molecule has 1 aliphatic rings. The number of hydrogen-bond donors (Lipinski definition) is 2. The molecule has 0 heterocycles. The highest BCUT2D eigenvalue weighted by molar-refractivity contribution is 5.99. The van der Waals surface area contributed by atoms with E-state index in [0.717, 1.165) is 12.8 Å². The molecular weight excluding hydrogens is 284 g/mol. The number of rotatable bonds is 8. The van der Waals surface area contributed by atoms with Gasteiger partial charge >= 0.3 is 11.9 Å². The van der Waals surface area contributed by atoms with Crippen LogP contribution < -0.4 is 0 Å². The van der Waals surface area contributed by atoms with Crippen molar-refractivity contribution in [3.63, 3.8) is 0 Å². The fraction of sp³-hybridized carbons (Fsp3) is 0.471. The van der Waals surface area contributed by atoms with E-state index in [1.165, 1.54) is 0 Å². The molecule has 1 aliphatic carbocycles. The maximum Gasteiger partial charge on any atom is 0.318 e. The van der Waals surface area contributed by atoms with Crippen LogP contribution in [0.25, 0.3) is 0 Å². The van der Waals surface area contributed by atoms with Crippen molar-refractivity contribution in [3.8, 4) is 0 Å². The van der Waals surface area contributed by atoms with E-state index in [1.54, 1.807) is 24.3 Å². The van der Waals surface area contributed by atoms with Gasteiger partial charge in [-0.25, -0.2) is 0 Å². The Morgan fingerprint density at radius 3 is 2.05 bits per heavy atom. The van der Waals surface area contributed by atoms with Gasteiger partial charge in [0.05, 0.1) is 0 Å². The van der Waals surface area contributed by atoms with Crippen LogP contribution in [0.3, 0.4) is 0 Å². The van der Waals surface area contributed by atoms with Crippen molar-refractivity contribution in [3.05, 3.63) is 35.4 Å². The lowest BCUT2D eigenvalue weighted by Crippen LogP contribution is -2.30. The standard InChI is InChI=1S/C17H20O5/c1-2-3-13(14(16(19)20)17(21)22)10-4-6-11(7-5-10)15(18)12-8-9-12/h4-7,12-14H,2-3,8-9H2,1H3,(H,19,20)(H,21,22). The van der Waals surface area contributed by atoms with Gasteiger partial charge in [-0.3, -0.25) is 14.4 Å². The van der Waals surface area contributed by atoms with E-state index in [9.17, 15) is 24.6 Å². The van der Waals surface area contributed by atoms with Gasteiger partial charge < -0.3 is 10.2 Å². The third kappa shape index (κ3) is 3.53. The first kappa shape index (κ1) is 16.2. The Balaban J connectivity index is 2.25. The molecule has 1 unspecified atom stereocenters. The molecule has 1 atom stereocenters. The summed E-state index contributed by atoms with van der Waals surface area (Å²) in [7, 11) is 0. The molecule has 2 rings (SSSR count). The van der Waals surface area contributed by atoms with Crippen molar-refractivity contribution >= 4 is 17.7 Å². The van der Waals surface area contributed by atoms with Gasteiger partial charge in [-0.1, -0.05) is 37.6 Å². The minimum atomic E-state index is -1.47. The number of carboxylic acid groups (broad SMARTS) is 2. The molecule has 0 aromatic heterocycles. The molecule has 22 heavy (non-hydrogen) atoms. The molecule has 0 radical (unpaired) electrons. The minimum absolute atomic E-state index is 0.117. The smallest absolute Gasteiger partial charge is 0.318 e. The average Bonchev–Trinajstić information content (AvgIpc) is 3.30. The monoisotopic (exact) mass is 304 g/mol. The zero-order valence-corrected chi connectivity index (χ0v) is 12.5. The van der Waals surface area contributed by atoms with Crippen molar-refractivity contribution in [1.29, 1.82) is 0 Å².